The van der Waals surface area contributed by atoms with Crippen LogP contribution in [0.4, 0.5) is 4.79 Å². The summed E-state index contributed by atoms with van der Waals surface area (Å²) in [5.41, 5.74) is -0.419. The second kappa shape index (κ2) is 7.57. The van der Waals surface area contributed by atoms with Gasteiger partial charge in [0.25, 0.3) is 0 Å². The molecule has 0 aromatic rings. The van der Waals surface area contributed by atoms with E-state index in [1.54, 1.807) is 0 Å². The van der Waals surface area contributed by atoms with Gasteiger partial charge in [0, 0.05) is 6.04 Å². The summed E-state index contributed by atoms with van der Waals surface area (Å²) in [5.74, 6) is 0.653. The van der Waals surface area contributed by atoms with E-state index in [1.165, 1.54) is 19.3 Å². The van der Waals surface area contributed by atoms with Gasteiger partial charge >= 0.3 is 6.09 Å². The maximum atomic E-state index is 11.5. The molecule has 3 nitrogen and oxygen atoms in total. The molecule has 0 fully saturated rings. The number of rotatable bonds is 6. The van der Waals surface area contributed by atoms with Crippen molar-refractivity contribution in [3.05, 3.63) is 0 Å². The molecule has 0 rings (SSSR count). The lowest BCUT2D eigenvalue weighted by molar-refractivity contribution is 0.0502. The van der Waals surface area contributed by atoms with Crippen molar-refractivity contribution in [3.8, 4) is 0 Å². The number of carbonyl (C=O) groups is 1. The van der Waals surface area contributed by atoms with Crippen LogP contribution in [0.25, 0.3) is 0 Å². The van der Waals surface area contributed by atoms with Crippen LogP contribution in [0.2, 0.25) is 0 Å². The van der Waals surface area contributed by atoms with E-state index < -0.39 is 5.60 Å². The maximum absolute atomic E-state index is 11.5. The third-order valence-electron chi connectivity index (χ3n) is 2.57. The molecule has 1 N–H and O–H groups in total. The van der Waals surface area contributed by atoms with Crippen LogP contribution in [-0.2, 0) is 4.74 Å². The fourth-order valence-corrected chi connectivity index (χ4v) is 1.84. The lowest BCUT2D eigenvalue weighted by atomic mass is 9.97. The number of carbonyl (C=O) groups excluding carboxylic acids is 1. The highest BCUT2D eigenvalue weighted by Gasteiger charge is 2.18. The average molecular weight is 243 g/mol. The Kier molecular flexibility index (Phi) is 7.24. The van der Waals surface area contributed by atoms with Crippen LogP contribution in [0.1, 0.15) is 67.2 Å². The van der Waals surface area contributed by atoms with Crippen LogP contribution in [0, 0.1) is 5.92 Å². The monoisotopic (exact) mass is 243 g/mol. The minimum atomic E-state index is -0.419. The van der Waals surface area contributed by atoms with Crippen molar-refractivity contribution in [1.29, 1.82) is 0 Å². The Balaban J connectivity index is 3.85. The summed E-state index contributed by atoms with van der Waals surface area (Å²) in [4.78, 5) is 11.5. The number of nitrogens with one attached hydrogen (secondary N) is 1. The van der Waals surface area contributed by atoms with E-state index in [1.807, 2.05) is 27.7 Å². The van der Waals surface area contributed by atoms with Crippen molar-refractivity contribution in [2.75, 3.05) is 0 Å². The van der Waals surface area contributed by atoms with Crippen molar-refractivity contribution in [1.82, 2.24) is 5.32 Å². The van der Waals surface area contributed by atoms with Gasteiger partial charge < -0.3 is 10.1 Å². The molecule has 0 unspecified atom stereocenters. The summed E-state index contributed by atoms with van der Waals surface area (Å²) in [6.07, 6.45) is 4.43. The molecule has 0 spiro atoms. The summed E-state index contributed by atoms with van der Waals surface area (Å²) in [5, 5.41) is 2.88. The Morgan fingerprint density at radius 1 is 1.29 bits per heavy atom. The number of hydrogen-bond acceptors (Lipinski definition) is 2. The van der Waals surface area contributed by atoms with Crippen molar-refractivity contribution in [2.24, 2.45) is 5.92 Å². The highest BCUT2D eigenvalue weighted by atomic mass is 16.6. The summed E-state index contributed by atoms with van der Waals surface area (Å²) in [6.45, 7) is 12.1. The molecule has 2 atom stereocenters. The van der Waals surface area contributed by atoms with E-state index in [9.17, 15) is 4.79 Å². The Labute approximate surface area is 106 Å². The molecule has 0 saturated heterocycles. The normalized spacial score (nSPS) is 15.2. The highest BCUT2D eigenvalue weighted by molar-refractivity contribution is 5.67. The van der Waals surface area contributed by atoms with Gasteiger partial charge in [0.2, 0.25) is 0 Å². The lowest BCUT2D eigenvalue weighted by Crippen LogP contribution is -2.38. The molecule has 1 amide bonds. The Morgan fingerprint density at radius 3 is 2.35 bits per heavy atom. The summed E-state index contributed by atoms with van der Waals surface area (Å²) in [7, 11) is 0. The summed E-state index contributed by atoms with van der Waals surface area (Å²) in [6, 6.07) is 0.178. The van der Waals surface area contributed by atoms with E-state index in [0.717, 1.165) is 6.42 Å². The first-order chi connectivity index (χ1) is 7.74. The lowest BCUT2D eigenvalue weighted by Gasteiger charge is -2.23. The zero-order chi connectivity index (χ0) is 13.5. The molecule has 0 aliphatic carbocycles. The number of ether oxygens (including phenoxy) is 1. The third-order valence-corrected chi connectivity index (χ3v) is 2.57. The zero-order valence-electron chi connectivity index (χ0n) is 12.3. The first-order valence-electron chi connectivity index (χ1n) is 6.74. The fourth-order valence-electron chi connectivity index (χ4n) is 1.84. The van der Waals surface area contributed by atoms with Crippen LogP contribution in [0.5, 0.6) is 0 Å². The Morgan fingerprint density at radius 2 is 1.88 bits per heavy atom. The van der Waals surface area contributed by atoms with Gasteiger partial charge in [-0.05, 0) is 40.0 Å². The number of hydrogen-bond donors (Lipinski definition) is 1. The predicted molar refractivity (Wildman–Crippen MR) is 72.1 cm³/mol. The fraction of sp³-hybridized carbons (Fsp3) is 0.929. The number of alkyl carbamates (subject to hydrolysis) is 1. The van der Waals surface area contributed by atoms with Gasteiger partial charge in [0.05, 0.1) is 0 Å². The van der Waals surface area contributed by atoms with Crippen molar-refractivity contribution < 1.29 is 9.53 Å². The molecule has 3 heteroatoms. The van der Waals surface area contributed by atoms with Gasteiger partial charge in [-0.1, -0.05) is 33.1 Å². The highest BCUT2D eigenvalue weighted by Crippen LogP contribution is 2.14. The van der Waals surface area contributed by atoms with Crippen LogP contribution in [-0.4, -0.2) is 17.7 Å². The SMILES string of the molecule is CCCC[C@@H](C)C[C@H](C)NC(=O)OC(C)(C)C. The molecule has 0 aromatic heterocycles. The van der Waals surface area contributed by atoms with E-state index in [2.05, 4.69) is 19.2 Å². The molecule has 0 aromatic carbocycles. The molecule has 0 aliphatic heterocycles. The minimum absolute atomic E-state index is 0.178. The molecule has 0 radical (unpaired) electrons. The molecular formula is C14H29NO2. The average Bonchev–Trinajstić information content (AvgIpc) is 2.10. The van der Waals surface area contributed by atoms with Crippen LogP contribution >= 0.6 is 0 Å². The van der Waals surface area contributed by atoms with Crippen LogP contribution in [0.3, 0.4) is 0 Å². The molecule has 17 heavy (non-hydrogen) atoms. The van der Waals surface area contributed by atoms with Crippen molar-refractivity contribution in [3.63, 3.8) is 0 Å². The molecule has 0 heterocycles. The maximum Gasteiger partial charge on any atom is 0.407 e. The second-order valence-electron chi connectivity index (χ2n) is 6.03. The minimum Gasteiger partial charge on any atom is -0.444 e. The van der Waals surface area contributed by atoms with Crippen LogP contribution < -0.4 is 5.32 Å². The van der Waals surface area contributed by atoms with E-state index in [0.29, 0.717) is 5.92 Å². The predicted octanol–water partition coefficient (Wildman–Crippen LogP) is 4.12. The standard InChI is InChI=1S/C14H29NO2/c1-7-8-9-11(2)10-12(3)15-13(16)17-14(4,5)6/h11-12H,7-10H2,1-6H3,(H,15,16)/t11-,12+/m1/s1. The Hall–Kier alpha value is -0.730. The topological polar surface area (TPSA) is 38.3 Å². The van der Waals surface area contributed by atoms with Gasteiger partial charge in [-0.15, -0.1) is 0 Å². The van der Waals surface area contributed by atoms with Crippen molar-refractivity contribution >= 4 is 6.09 Å². The molecular weight excluding hydrogens is 214 g/mol. The van der Waals surface area contributed by atoms with E-state index >= 15 is 0 Å². The molecule has 0 bridgehead atoms. The van der Waals surface area contributed by atoms with Crippen LogP contribution in [0.15, 0.2) is 0 Å². The first kappa shape index (κ1) is 16.3. The van der Waals surface area contributed by atoms with E-state index in [-0.39, 0.29) is 12.1 Å². The van der Waals surface area contributed by atoms with Crippen molar-refractivity contribution in [2.45, 2.75) is 78.9 Å². The van der Waals surface area contributed by atoms with Gasteiger partial charge in [-0.3, -0.25) is 0 Å². The summed E-state index contributed by atoms with van der Waals surface area (Å²) >= 11 is 0. The largest absolute Gasteiger partial charge is 0.444 e. The van der Waals surface area contributed by atoms with Gasteiger partial charge in [0.15, 0.2) is 0 Å². The molecule has 0 saturated carbocycles. The quantitative estimate of drug-likeness (QED) is 0.762. The second-order valence-corrected chi connectivity index (χ2v) is 6.03. The molecule has 102 valence electrons. The molecule has 0 aliphatic rings. The Bertz CT molecular complexity index is 221. The first-order valence-corrected chi connectivity index (χ1v) is 6.74. The zero-order valence-corrected chi connectivity index (χ0v) is 12.3. The van der Waals surface area contributed by atoms with Gasteiger partial charge in [-0.25, -0.2) is 4.79 Å². The smallest absolute Gasteiger partial charge is 0.407 e. The van der Waals surface area contributed by atoms with Gasteiger partial charge in [0.1, 0.15) is 5.60 Å². The van der Waals surface area contributed by atoms with E-state index in [4.69, 9.17) is 4.74 Å². The van der Waals surface area contributed by atoms with Gasteiger partial charge in [-0.2, -0.15) is 0 Å². The summed E-state index contributed by atoms with van der Waals surface area (Å²) < 4.78 is 5.22. The third kappa shape index (κ3) is 10.2. The number of unbranched alkanes of at least 4 members (excludes halogenated alkanes) is 1. The number of amides is 1.